The minimum atomic E-state index is 0.347. The Morgan fingerprint density at radius 3 is 2.93 bits per heavy atom. The molecule has 1 nitrogen and oxygen atoms in total. The number of fused-ring (bicyclic) bond motifs is 1. The van der Waals surface area contributed by atoms with Gasteiger partial charge in [0.15, 0.2) is 0 Å². The molecule has 0 radical (unpaired) electrons. The van der Waals surface area contributed by atoms with Crippen molar-refractivity contribution in [2.24, 2.45) is 23.2 Å². The molecule has 0 amide bonds. The average Bonchev–Trinajstić information content (AvgIpc) is 2.56. The van der Waals surface area contributed by atoms with E-state index in [4.69, 9.17) is 0 Å². The third-order valence-corrected chi connectivity index (χ3v) is 6.26. The first kappa shape index (κ1) is 11.9. The van der Waals surface area contributed by atoms with Crippen LogP contribution in [0.3, 0.4) is 0 Å². The zero-order chi connectivity index (χ0) is 11.1. The Morgan fingerprint density at radius 1 is 1.53 bits per heavy atom. The second-order valence-corrected chi connectivity index (χ2v) is 6.57. The molecule has 0 spiro atoms. The summed E-state index contributed by atoms with van der Waals surface area (Å²) in [5.41, 5.74) is 0.347. The second kappa shape index (κ2) is 4.34. The maximum Gasteiger partial charge on any atom is 0.136 e. The van der Waals surface area contributed by atoms with Gasteiger partial charge in [0, 0.05) is 16.8 Å². The number of alkyl halides is 1. The highest BCUT2D eigenvalue weighted by Crippen LogP contribution is 2.56. The molecule has 0 aliphatic heterocycles. The van der Waals surface area contributed by atoms with Gasteiger partial charge in [-0.25, -0.2) is 0 Å². The number of hydrogen-bond donors (Lipinski definition) is 0. The summed E-state index contributed by atoms with van der Waals surface area (Å²) in [5.74, 6) is 2.55. The fraction of sp³-hybridized carbons (Fsp3) is 0.923. The van der Waals surface area contributed by atoms with Crippen molar-refractivity contribution in [2.75, 3.05) is 4.43 Å². The third kappa shape index (κ3) is 1.87. The largest absolute Gasteiger partial charge is 0.299 e. The topological polar surface area (TPSA) is 17.1 Å². The van der Waals surface area contributed by atoms with E-state index in [9.17, 15) is 4.79 Å². The van der Waals surface area contributed by atoms with E-state index in [-0.39, 0.29) is 0 Å². The smallest absolute Gasteiger partial charge is 0.136 e. The van der Waals surface area contributed by atoms with Gasteiger partial charge in [-0.1, -0.05) is 36.4 Å². The summed E-state index contributed by atoms with van der Waals surface area (Å²) in [6, 6.07) is 0. The Morgan fingerprint density at radius 2 is 2.27 bits per heavy atom. The van der Waals surface area contributed by atoms with Gasteiger partial charge < -0.3 is 0 Å². The van der Waals surface area contributed by atoms with Crippen LogP contribution in [0.2, 0.25) is 0 Å². The summed E-state index contributed by atoms with van der Waals surface area (Å²) >= 11 is 2.49. The van der Waals surface area contributed by atoms with Crippen LogP contribution in [0.4, 0.5) is 0 Å². The summed E-state index contributed by atoms with van der Waals surface area (Å²) in [6.07, 6.45) is 5.73. The van der Waals surface area contributed by atoms with Crippen molar-refractivity contribution in [1.82, 2.24) is 0 Å². The average molecular weight is 320 g/mol. The molecule has 0 aromatic carbocycles. The first-order chi connectivity index (χ1) is 7.09. The highest BCUT2D eigenvalue weighted by molar-refractivity contribution is 14.1. The highest BCUT2D eigenvalue weighted by Gasteiger charge is 2.51. The Hall–Kier alpha value is 0.400. The second-order valence-electron chi connectivity index (χ2n) is 5.69. The third-order valence-electron chi connectivity index (χ3n) is 4.87. The fourth-order valence-electron chi connectivity index (χ4n) is 4.01. The van der Waals surface area contributed by atoms with Gasteiger partial charge in [-0.2, -0.15) is 0 Å². The Labute approximate surface area is 107 Å². The minimum absolute atomic E-state index is 0.347. The SMILES string of the molecule is CC(CI)C1CCC2C(=O)CCC[C@@]21C. The van der Waals surface area contributed by atoms with Gasteiger partial charge in [0.25, 0.3) is 0 Å². The van der Waals surface area contributed by atoms with Gasteiger partial charge >= 0.3 is 0 Å². The lowest BCUT2D eigenvalue weighted by atomic mass is 9.62. The summed E-state index contributed by atoms with van der Waals surface area (Å²) in [6.45, 7) is 4.75. The van der Waals surface area contributed by atoms with E-state index < -0.39 is 0 Å². The molecule has 0 aromatic rings. The van der Waals surface area contributed by atoms with Crippen molar-refractivity contribution in [1.29, 1.82) is 0 Å². The zero-order valence-electron chi connectivity index (χ0n) is 9.76. The Bertz CT molecular complexity index is 263. The van der Waals surface area contributed by atoms with E-state index in [2.05, 4.69) is 36.4 Å². The molecule has 86 valence electrons. The van der Waals surface area contributed by atoms with E-state index in [0.717, 1.165) is 24.7 Å². The van der Waals surface area contributed by atoms with Crippen LogP contribution in [0.5, 0.6) is 0 Å². The first-order valence-corrected chi connectivity index (χ1v) is 7.71. The van der Waals surface area contributed by atoms with Crippen LogP contribution < -0.4 is 0 Å². The lowest BCUT2D eigenvalue weighted by molar-refractivity contribution is -0.129. The van der Waals surface area contributed by atoms with Crippen LogP contribution in [-0.4, -0.2) is 10.2 Å². The summed E-state index contributed by atoms with van der Waals surface area (Å²) in [7, 11) is 0. The number of Topliss-reactive ketones (excluding diaryl/α,β-unsaturated/α-hetero) is 1. The van der Waals surface area contributed by atoms with Crippen LogP contribution in [0.1, 0.15) is 46.0 Å². The molecule has 2 rings (SSSR count). The van der Waals surface area contributed by atoms with Gasteiger partial charge in [0.2, 0.25) is 0 Å². The fourth-order valence-corrected chi connectivity index (χ4v) is 4.63. The van der Waals surface area contributed by atoms with Crippen LogP contribution in [-0.2, 0) is 4.79 Å². The maximum atomic E-state index is 11.9. The molecule has 2 heteroatoms. The van der Waals surface area contributed by atoms with Crippen molar-refractivity contribution < 1.29 is 4.79 Å². The number of hydrogen-bond acceptors (Lipinski definition) is 1. The lowest BCUT2D eigenvalue weighted by Crippen LogP contribution is -2.39. The van der Waals surface area contributed by atoms with E-state index in [1.807, 2.05) is 0 Å². The molecular weight excluding hydrogens is 299 g/mol. The monoisotopic (exact) mass is 320 g/mol. The molecule has 2 aliphatic carbocycles. The van der Waals surface area contributed by atoms with Crippen molar-refractivity contribution in [3.63, 3.8) is 0 Å². The van der Waals surface area contributed by atoms with E-state index in [1.165, 1.54) is 23.7 Å². The molecule has 0 saturated heterocycles. The summed E-state index contributed by atoms with van der Waals surface area (Å²) in [4.78, 5) is 11.9. The van der Waals surface area contributed by atoms with Crippen molar-refractivity contribution in [2.45, 2.75) is 46.0 Å². The molecule has 0 aromatic heterocycles. The van der Waals surface area contributed by atoms with E-state index in [1.54, 1.807) is 0 Å². The predicted octanol–water partition coefficient (Wildman–Crippen LogP) is 3.84. The van der Waals surface area contributed by atoms with Crippen molar-refractivity contribution >= 4 is 28.4 Å². The van der Waals surface area contributed by atoms with Gasteiger partial charge in [-0.05, 0) is 42.9 Å². The molecule has 0 bridgehead atoms. The van der Waals surface area contributed by atoms with Gasteiger partial charge in [0.1, 0.15) is 5.78 Å². The van der Waals surface area contributed by atoms with Gasteiger partial charge in [-0.3, -0.25) is 4.79 Å². The normalized spacial score (nSPS) is 42.7. The number of ketones is 1. The standard InChI is InChI=1S/C13H21IO/c1-9(8-14)10-5-6-11-12(15)4-3-7-13(10,11)2/h9-11H,3-8H2,1-2H3/t9?,10?,11?,13-/m1/s1. The lowest BCUT2D eigenvalue weighted by Gasteiger charge is -2.41. The van der Waals surface area contributed by atoms with Crippen molar-refractivity contribution in [3.05, 3.63) is 0 Å². The summed E-state index contributed by atoms with van der Waals surface area (Å²) in [5, 5.41) is 0. The quantitative estimate of drug-likeness (QED) is 0.558. The molecule has 15 heavy (non-hydrogen) atoms. The predicted molar refractivity (Wildman–Crippen MR) is 71.2 cm³/mol. The zero-order valence-corrected chi connectivity index (χ0v) is 11.9. The molecule has 0 N–H and O–H groups in total. The molecule has 2 aliphatic rings. The minimum Gasteiger partial charge on any atom is -0.299 e. The molecule has 0 heterocycles. The number of rotatable bonds is 2. The van der Waals surface area contributed by atoms with Crippen LogP contribution in [0, 0.1) is 23.2 Å². The van der Waals surface area contributed by atoms with Gasteiger partial charge in [-0.15, -0.1) is 0 Å². The maximum absolute atomic E-state index is 11.9. The van der Waals surface area contributed by atoms with Crippen LogP contribution >= 0.6 is 22.6 Å². The Balaban J connectivity index is 2.21. The van der Waals surface area contributed by atoms with E-state index in [0.29, 0.717) is 17.1 Å². The molecular formula is C13H21IO. The van der Waals surface area contributed by atoms with Gasteiger partial charge in [0.05, 0.1) is 0 Å². The molecule has 2 fully saturated rings. The summed E-state index contributed by atoms with van der Waals surface area (Å²) < 4.78 is 1.24. The number of carbonyl (C=O) groups is 1. The number of carbonyl (C=O) groups excluding carboxylic acids is 1. The Kier molecular flexibility index (Phi) is 3.44. The number of halogens is 1. The molecule has 2 saturated carbocycles. The van der Waals surface area contributed by atoms with E-state index >= 15 is 0 Å². The van der Waals surface area contributed by atoms with Crippen LogP contribution in [0.15, 0.2) is 0 Å². The van der Waals surface area contributed by atoms with Crippen LogP contribution in [0.25, 0.3) is 0 Å². The first-order valence-electron chi connectivity index (χ1n) is 6.18. The highest BCUT2D eigenvalue weighted by atomic mass is 127. The molecule has 4 atom stereocenters. The molecule has 3 unspecified atom stereocenters. The van der Waals surface area contributed by atoms with Crippen molar-refractivity contribution in [3.8, 4) is 0 Å².